The van der Waals surface area contributed by atoms with Crippen molar-refractivity contribution >= 4 is 50.5 Å². The monoisotopic (exact) mass is 488 g/mol. The summed E-state index contributed by atoms with van der Waals surface area (Å²) in [5, 5.41) is 0.777. The van der Waals surface area contributed by atoms with Crippen LogP contribution in [0.2, 0.25) is 10.0 Å². The predicted molar refractivity (Wildman–Crippen MR) is 130 cm³/mol. The molecule has 5 nitrogen and oxygen atoms in total. The average molecular weight is 489 g/mol. The molecule has 3 aromatic carbocycles. The highest BCUT2D eigenvalue weighted by atomic mass is 35.5. The molecule has 0 saturated carbocycles. The summed E-state index contributed by atoms with van der Waals surface area (Å²) in [4.78, 5) is 15.0. The van der Waals surface area contributed by atoms with E-state index in [1.165, 1.54) is 4.31 Å². The molecule has 0 spiro atoms. The predicted octanol–water partition coefficient (Wildman–Crippen LogP) is 5.55. The highest BCUT2D eigenvalue weighted by Crippen LogP contribution is 2.34. The lowest BCUT2D eigenvalue weighted by Crippen LogP contribution is -2.35. The van der Waals surface area contributed by atoms with Gasteiger partial charge in [-0.05, 0) is 61.4 Å². The van der Waals surface area contributed by atoms with Gasteiger partial charge in [-0.15, -0.1) is 0 Å². The summed E-state index contributed by atoms with van der Waals surface area (Å²) >= 11 is 12.5. The summed E-state index contributed by atoms with van der Waals surface area (Å²) in [5.41, 5.74) is 3.49. The van der Waals surface area contributed by atoms with Gasteiger partial charge in [0.15, 0.2) is 0 Å². The molecule has 8 heteroatoms. The van der Waals surface area contributed by atoms with Crippen molar-refractivity contribution in [1.82, 2.24) is 0 Å². The van der Waals surface area contributed by atoms with Crippen LogP contribution in [0.25, 0.3) is 0 Å². The van der Waals surface area contributed by atoms with Crippen molar-refractivity contribution in [3.63, 3.8) is 0 Å². The number of halogens is 2. The maximum atomic E-state index is 13.2. The number of rotatable bonds is 5. The van der Waals surface area contributed by atoms with E-state index in [0.717, 1.165) is 23.9 Å². The molecule has 0 fully saturated rings. The molecule has 32 heavy (non-hydrogen) atoms. The maximum absolute atomic E-state index is 13.2. The molecule has 0 N–H and O–H groups in total. The van der Waals surface area contributed by atoms with E-state index in [1.54, 1.807) is 47.4 Å². The molecule has 0 bridgehead atoms. The minimum atomic E-state index is -3.63. The number of hydrogen-bond acceptors (Lipinski definition) is 3. The number of fused-ring (bicyclic) bond motifs is 1. The highest BCUT2D eigenvalue weighted by Gasteiger charge is 2.31. The van der Waals surface area contributed by atoms with Crippen LogP contribution in [-0.2, 0) is 23.0 Å². The van der Waals surface area contributed by atoms with Crippen LogP contribution in [0.15, 0.2) is 66.7 Å². The molecular weight excluding hydrogens is 467 g/mol. The maximum Gasteiger partial charge on any atom is 0.258 e. The first-order chi connectivity index (χ1) is 15.2. The van der Waals surface area contributed by atoms with Gasteiger partial charge in [-0.1, -0.05) is 47.5 Å². The lowest BCUT2D eigenvalue weighted by atomic mass is 10.1. The number of carbonyl (C=O) groups is 1. The summed E-state index contributed by atoms with van der Waals surface area (Å²) in [6, 6.07) is 19.5. The zero-order valence-electron chi connectivity index (χ0n) is 17.6. The molecule has 0 radical (unpaired) electrons. The Balaban J connectivity index is 1.63. The fourth-order valence-corrected chi connectivity index (χ4v) is 5.40. The summed E-state index contributed by atoms with van der Waals surface area (Å²) in [5.74, 6) is -0.117. The zero-order chi connectivity index (χ0) is 23.0. The second-order valence-electron chi connectivity index (χ2n) is 7.87. The van der Waals surface area contributed by atoms with Crippen LogP contribution in [0.3, 0.4) is 0 Å². The minimum absolute atomic E-state index is 0.0127. The Morgan fingerprint density at radius 1 is 1.00 bits per heavy atom. The third-order valence-corrected chi connectivity index (χ3v) is 7.44. The van der Waals surface area contributed by atoms with Crippen LogP contribution in [0.5, 0.6) is 0 Å². The van der Waals surface area contributed by atoms with E-state index in [9.17, 15) is 13.2 Å². The third kappa shape index (κ3) is 4.35. The number of para-hydroxylation sites is 1. The second kappa shape index (κ2) is 8.77. The van der Waals surface area contributed by atoms with Gasteiger partial charge in [0.1, 0.15) is 0 Å². The Bertz CT molecular complexity index is 1260. The number of carbonyl (C=O) groups excluding carboxylic acids is 1. The van der Waals surface area contributed by atoms with Gasteiger partial charge < -0.3 is 4.90 Å². The number of amides is 1. The Morgan fingerprint density at radius 2 is 1.62 bits per heavy atom. The van der Waals surface area contributed by atoms with Gasteiger partial charge in [-0.3, -0.25) is 9.10 Å². The molecular formula is C24H22Cl2N2O3S. The Hall–Kier alpha value is -2.54. The largest absolute Gasteiger partial charge is 0.305 e. The van der Waals surface area contributed by atoms with Crippen molar-refractivity contribution in [2.75, 3.05) is 15.5 Å². The van der Waals surface area contributed by atoms with Crippen LogP contribution in [0.4, 0.5) is 11.4 Å². The Labute approximate surface area is 198 Å². The van der Waals surface area contributed by atoms with Crippen molar-refractivity contribution in [3.8, 4) is 0 Å². The lowest BCUT2D eigenvalue weighted by Gasteiger charge is -2.25. The Kier molecular flexibility index (Phi) is 6.21. The van der Waals surface area contributed by atoms with Gasteiger partial charge in [0.25, 0.3) is 5.91 Å². The summed E-state index contributed by atoms with van der Waals surface area (Å²) in [7, 11) is -3.63. The van der Waals surface area contributed by atoms with E-state index in [2.05, 4.69) is 0 Å². The summed E-state index contributed by atoms with van der Waals surface area (Å²) < 4.78 is 26.3. The van der Waals surface area contributed by atoms with Crippen molar-refractivity contribution in [3.05, 3.63) is 93.5 Å². The zero-order valence-corrected chi connectivity index (χ0v) is 20.0. The van der Waals surface area contributed by atoms with E-state index >= 15 is 0 Å². The summed E-state index contributed by atoms with van der Waals surface area (Å²) in [6.07, 6.45) is 1.93. The second-order valence-corrected chi connectivity index (χ2v) is 10.6. The van der Waals surface area contributed by atoms with Crippen LogP contribution in [0.1, 0.15) is 28.4 Å². The molecule has 0 saturated heterocycles. The number of nitrogens with zero attached hydrogens (tertiary/aromatic N) is 2. The normalized spacial score (nSPS) is 15.5. The van der Waals surface area contributed by atoms with Gasteiger partial charge in [0, 0.05) is 32.9 Å². The van der Waals surface area contributed by atoms with E-state index in [0.29, 0.717) is 26.9 Å². The number of hydrogen-bond donors (Lipinski definition) is 0. The molecule has 4 rings (SSSR count). The van der Waals surface area contributed by atoms with E-state index in [1.807, 2.05) is 31.2 Å². The smallest absolute Gasteiger partial charge is 0.258 e. The van der Waals surface area contributed by atoms with Gasteiger partial charge in [-0.2, -0.15) is 0 Å². The highest BCUT2D eigenvalue weighted by molar-refractivity contribution is 7.92. The lowest BCUT2D eigenvalue weighted by molar-refractivity contribution is 0.0981. The van der Waals surface area contributed by atoms with E-state index < -0.39 is 10.0 Å². The Morgan fingerprint density at radius 3 is 2.25 bits per heavy atom. The van der Waals surface area contributed by atoms with Gasteiger partial charge in [0.2, 0.25) is 10.0 Å². The number of sulfonamides is 1. The first kappa shape index (κ1) is 22.6. The molecule has 0 unspecified atom stereocenters. The third-order valence-electron chi connectivity index (χ3n) is 5.59. The topological polar surface area (TPSA) is 57.7 Å². The van der Waals surface area contributed by atoms with Crippen molar-refractivity contribution in [2.45, 2.75) is 25.9 Å². The standard InChI is InChI=1S/C24H22Cl2N2O3S/c1-16-14-18-6-3-4-9-23(18)28(16)24(29)17-10-12-19(13-11-17)27(32(2,30)31)15-20-21(25)7-5-8-22(20)26/h3-13,16H,14-15H2,1-2H3/t16-/m0/s1. The quantitative estimate of drug-likeness (QED) is 0.472. The molecule has 1 aliphatic heterocycles. The van der Waals surface area contributed by atoms with Crippen LogP contribution < -0.4 is 9.21 Å². The SMILES string of the molecule is C[C@H]1Cc2ccccc2N1C(=O)c1ccc(N(Cc2c(Cl)cccc2Cl)S(C)(=O)=O)cc1. The van der Waals surface area contributed by atoms with Crippen LogP contribution in [-0.4, -0.2) is 26.6 Å². The minimum Gasteiger partial charge on any atom is -0.305 e. The fraction of sp³-hybridized carbons (Fsp3) is 0.208. The molecule has 1 aliphatic rings. The van der Waals surface area contributed by atoms with Crippen LogP contribution in [0, 0.1) is 0 Å². The molecule has 1 amide bonds. The first-order valence-corrected chi connectivity index (χ1v) is 12.7. The fourth-order valence-electron chi connectivity index (χ4n) is 4.01. The van der Waals surface area contributed by atoms with E-state index in [4.69, 9.17) is 23.2 Å². The molecule has 0 aromatic heterocycles. The number of benzene rings is 3. The molecule has 166 valence electrons. The van der Waals surface area contributed by atoms with Crippen molar-refractivity contribution < 1.29 is 13.2 Å². The molecule has 1 heterocycles. The molecule has 3 aromatic rings. The van der Waals surface area contributed by atoms with Gasteiger partial charge in [-0.25, -0.2) is 8.42 Å². The van der Waals surface area contributed by atoms with Crippen molar-refractivity contribution in [2.24, 2.45) is 0 Å². The number of anilines is 2. The molecule has 1 atom stereocenters. The van der Waals surface area contributed by atoms with Crippen LogP contribution >= 0.6 is 23.2 Å². The first-order valence-electron chi connectivity index (χ1n) is 10.1. The van der Waals surface area contributed by atoms with Crippen molar-refractivity contribution in [1.29, 1.82) is 0 Å². The van der Waals surface area contributed by atoms with E-state index in [-0.39, 0.29) is 18.5 Å². The summed E-state index contributed by atoms with van der Waals surface area (Å²) in [6.45, 7) is 2.01. The average Bonchev–Trinajstić information content (AvgIpc) is 3.08. The van der Waals surface area contributed by atoms with Gasteiger partial charge >= 0.3 is 0 Å². The van der Waals surface area contributed by atoms with Gasteiger partial charge in [0.05, 0.1) is 18.5 Å². The molecule has 0 aliphatic carbocycles.